The van der Waals surface area contributed by atoms with E-state index in [1.54, 1.807) is 0 Å². The predicted molar refractivity (Wildman–Crippen MR) is 117 cm³/mol. The highest BCUT2D eigenvalue weighted by atomic mass is 79.9. The van der Waals surface area contributed by atoms with Gasteiger partial charge in [-0.05, 0) is 28.8 Å². The molecule has 0 spiro atoms. The fourth-order valence-electron chi connectivity index (χ4n) is 4.92. The largest absolute Gasteiger partial charge is 0.376 e. The summed E-state index contributed by atoms with van der Waals surface area (Å²) in [7, 11) is 0. The molecule has 0 saturated carbocycles. The van der Waals surface area contributed by atoms with Crippen LogP contribution in [0.15, 0.2) is 46.9 Å². The number of hydrogen-bond donors (Lipinski definition) is 2. The predicted octanol–water partition coefficient (Wildman–Crippen LogP) is 6.72. The highest BCUT2D eigenvalue weighted by Gasteiger charge is 2.56. The smallest absolute Gasteiger partial charge is 0.200 e. The summed E-state index contributed by atoms with van der Waals surface area (Å²) in [5, 5.41) is 23.7. The molecular formula is C26H9BrF10O2. The minimum absolute atomic E-state index is 0.0392. The third-order valence-corrected chi connectivity index (χ3v) is 7.10. The van der Waals surface area contributed by atoms with Gasteiger partial charge in [-0.15, -0.1) is 0 Å². The Morgan fingerprint density at radius 1 is 0.436 bits per heavy atom. The molecule has 1 aliphatic carbocycles. The molecule has 0 fully saturated rings. The Labute approximate surface area is 219 Å². The van der Waals surface area contributed by atoms with E-state index in [0.29, 0.717) is 0 Å². The number of aliphatic hydroxyl groups is 2. The molecule has 0 bridgehead atoms. The Kier molecular flexibility index (Phi) is 6.13. The standard InChI is InChI=1S/C26H9BrF10O2/c27-8-5-6-11-12(7-8)26(39,14-17(30)21(34)24(37)22(35)18(14)31)10-4-2-1-3-9(10)25(11,38)13-15(28)19(32)23(36)20(33)16(13)29/h1-7,38-39H. The van der Waals surface area contributed by atoms with Crippen molar-refractivity contribution in [2.24, 2.45) is 0 Å². The summed E-state index contributed by atoms with van der Waals surface area (Å²) in [6, 6.07) is 6.47. The average molecular weight is 623 g/mol. The maximum Gasteiger partial charge on any atom is 0.200 e. The van der Waals surface area contributed by atoms with Crippen LogP contribution in [0, 0.1) is 58.2 Å². The molecule has 0 aliphatic heterocycles. The van der Waals surface area contributed by atoms with E-state index in [9.17, 15) is 36.6 Å². The fourth-order valence-corrected chi connectivity index (χ4v) is 5.28. The zero-order valence-corrected chi connectivity index (χ0v) is 20.2. The highest BCUT2D eigenvalue weighted by Crippen LogP contribution is 2.55. The zero-order valence-electron chi connectivity index (χ0n) is 18.6. The number of hydrogen-bond acceptors (Lipinski definition) is 2. The van der Waals surface area contributed by atoms with Gasteiger partial charge in [0.05, 0.1) is 11.1 Å². The fraction of sp³-hybridized carbons (Fsp3) is 0.0769. The molecule has 4 aromatic carbocycles. The van der Waals surface area contributed by atoms with Crippen LogP contribution in [-0.4, -0.2) is 10.2 Å². The molecular weight excluding hydrogens is 614 g/mol. The first-order valence-corrected chi connectivity index (χ1v) is 11.4. The van der Waals surface area contributed by atoms with Gasteiger partial charge in [-0.1, -0.05) is 46.3 Å². The quantitative estimate of drug-likeness (QED) is 0.148. The van der Waals surface area contributed by atoms with Crippen LogP contribution in [0.3, 0.4) is 0 Å². The molecule has 0 saturated heterocycles. The molecule has 0 aromatic heterocycles. The second-order valence-electron chi connectivity index (χ2n) is 8.55. The summed E-state index contributed by atoms with van der Waals surface area (Å²) < 4.78 is 145. The zero-order chi connectivity index (χ0) is 28.8. The molecule has 4 aromatic rings. The lowest BCUT2D eigenvalue weighted by molar-refractivity contribution is 0.0638. The van der Waals surface area contributed by atoms with Crippen LogP contribution in [0.4, 0.5) is 43.9 Å². The van der Waals surface area contributed by atoms with E-state index in [4.69, 9.17) is 0 Å². The van der Waals surface area contributed by atoms with E-state index in [-0.39, 0.29) is 4.47 Å². The van der Waals surface area contributed by atoms with Gasteiger partial charge < -0.3 is 10.2 Å². The molecule has 1 aliphatic rings. The molecule has 0 radical (unpaired) electrons. The maximum atomic E-state index is 15.1. The van der Waals surface area contributed by atoms with Crippen LogP contribution < -0.4 is 0 Å². The van der Waals surface area contributed by atoms with Crippen molar-refractivity contribution in [2.75, 3.05) is 0 Å². The summed E-state index contributed by atoms with van der Waals surface area (Å²) in [5.74, 6) is -24.7. The van der Waals surface area contributed by atoms with Gasteiger partial charge in [-0.25, -0.2) is 43.9 Å². The van der Waals surface area contributed by atoms with E-state index >= 15 is 17.6 Å². The Morgan fingerprint density at radius 2 is 0.744 bits per heavy atom. The van der Waals surface area contributed by atoms with Crippen LogP contribution in [0.25, 0.3) is 0 Å². The molecule has 0 amide bonds. The van der Waals surface area contributed by atoms with Crippen molar-refractivity contribution in [3.8, 4) is 0 Å². The van der Waals surface area contributed by atoms with Crippen molar-refractivity contribution in [3.63, 3.8) is 0 Å². The SMILES string of the molecule is OC1(c2c(F)c(F)c(F)c(F)c2F)c2ccccc2C(O)(c2c(F)c(F)c(F)c(F)c2F)c2cc(Br)ccc21. The summed E-state index contributed by atoms with van der Waals surface area (Å²) in [4.78, 5) is 0. The first-order chi connectivity index (χ1) is 18.2. The van der Waals surface area contributed by atoms with Gasteiger partial charge in [0.15, 0.2) is 46.5 Å². The number of halogens is 11. The molecule has 5 rings (SSSR count). The summed E-state index contributed by atoms with van der Waals surface area (Å²) in [5.41, 5.74) is -13.9. The Hall–Kier alpha value is -3.42. The van der Waals surface area contributed by atoms with Crippen LogP contribution in [0.1, 0.15) is 33.4 Å². The average Bonchev–Trinajstić information content (AvgIpc) is 2.92. The molecule has 2 N–H and O–H groups in total. The Balaban J connectivity index is 2.02. The molecule has 2 atom stereocenters. The second kappa shape index (κ2) is 8.80. The minimum Gasteiger partial charge on any atom is -0.376 e. The van der Waals surface area contributed by atoms with Gasteiger partial charge in [0.2, 0.25) is 11.6 Å². The van der Waals surface area contributed by atoms with E-state index in [2.05, 4.69) is 15.9 Å². The van der Waals surface area contributed by atoms with Gasteiger partial charge in [0, 0.05) is 10.0 Å². The lowest BCUT2D eigenvalue weighted by atomic mass is 9.63. The molecule has 13 heteroatoms. The Bertz CT molecular complexity index is 1670. The van der Waals surface area contributed by atoms with Crippen molar-refractivity contribution >= 4 is 15.9 Å². The third kappa shape index (κ3) is 3.36. The van der Waals surface area contributed by atoms with Gasteiger partial charge in [-0.2, -0.15) is 0 Å². The van der Waals surface area contributed by atoms with Gasteiger partial charge >= 0.3 is 0 Å². The second-order valence-corrected chi connectivity index (χ2v) is 9.46. The normalized spacial score (nSPS) is 20.1. The molecule has 39 heavy (non-hydrogen) atoms. The van der Waals surface area contributed by atoms with E-state index in [0.717, 1.165) is 42.5 Å². The summed E-state index contributed by atoms with van der Waals surface area (Å²) >= 11 is 2.98. The summed E-state index contributed by atoms with van der Waals surface area (Å²) in [6.45, 7) is 0. The molecule has 2 nitrogen and oxygen atoms in total. The monoisotopic (exact) mass is 622 g/mol. The van der Waals surface area contributed by atoms with Crippen LogP contribution in [0.5, 0.6) is 0 Å². The number of fused-ring (bicyclic) bond motifs is 2. The molecule has 2 unspecified atom stereocenters. The highest BCUT2D eigenvalue weighted by molar-refractivity contribution is 9.10. The van der Waals surface area contributed by atoms with E-state index in [1.165, 1.54) is 0 Å². The summed E-state index contributed by atoms with van der Waals surface area (Å²) in [6.07, 6.45) is 0. The lowest BCUT2D eigenvalue weighted by Crippen LogP contribution is -2.46. The van der Waals surface area contributed by atoms with Gasteiger partial charge in [0.25, 0.3) is 0 Å². The van der Waals surface area contributed by atoms with E-state index in [1.807, 2.05) is 0 Å². The topological polar surface area (TPSA) is 40.5 Å². The van der Waals surface area contributed by atoms with Crippen LogP contribution in [0.2, 0.25) is 0 Å². The molecule has 202 valence electrons. The third-order valence-electron chi connectivity index (χ3n) is 6.61. The minimum atomic E-state index is -3.35. The van der Waals surface area contributed by atoms with Crippen LogP contribution >= 0.6 is 15.9 Å². The van der Waals surface area contributed by atoms with Crippen molar-refractivity contribution in [1.82, 2.24) is 0 Å². The maximum absolute atomic E-state index is 15.1. The first-order valence-electron chi connectivity index (χ1n) is 10.6. The number of benzene rings is 4. The lowest BCUT2D eigenvalue weighted by Gasteiger charge is -2.45. The van der Waals surface area contributed by atoms with Gasteiger partial charge in [-0.3, -0.25) is 0 Å². The molecule has 0 heterocycles. The van der Waals surface area contributed by atoms with Gasteiger partial charge in [0.1, 0.15) is 11.2 Å². The van der Waals surface area contributed by atoms with Crippen molar-refractivity contribution in [2.45, 2.75) is 11.2 Å². The first kappa shape index (κ1) is 27.2. The van der Waals surface area contributed by atoms with E-state index < -0.39 is 103 Å². The van der Waals surface area contributed by atoms with Crippen molar-refractivity contribution < 1.29 is 54.1 Å². The Morgan fingerprint density at radius 3 is 1.13 bits per heavy atom. The van der Waals surface area contributed by atoms with Crippen molar-refractivity contribution in [1.29, 1.82) is 0 Å². The van der Waals surface area contributed by atoms with Crippen molar-refractivity contribution in [3.05, 3.63) is 138 Å². The number of rotatable bonds is 2. The van der Waals surface area contributed by atoms with Crippen LogP contribution in [-0.2, 0) is 11.2 Å².